The third kappa shape index (κ3) is 2.97. The zero-order valence-electron chi connectivity index (χ0n) is 10.1. The first-order chi connectivity index (χ1) is 7.60. The second kappa shape index (κ2) is 5.87. The zero-order valence-corrected chi connectivity index (χ0v) is 10.1. The number of ketones is 1. The van der Waals surface area contributed by atoms with Gasteiger partial charge in [0.15, 0.2) is 0 Å². The van der Waals surface area contributed by atoms with E-state index in [9.17, 15) is 14.7 Å². The van der Waals surface area contributed by atoms with Crippen LogP contribution in [0.2, 0.25) is 0 Å². The van der Waals surface area contributed by atoms with E-state index in [0.29, 0.717) is 12.8 Å². The number of carbonyl (C=O) groups is 2. The molecule has 4 nitrogen and oxygen atoms in total. The van der Waals surface area contributed by atoms with Gasteiger partial charge in [-0.1, -0.05) is 26.7 Å². The van der Waals surface area contributed by atoms with Gasteiger partial charge in [0, 0.05) is 24.9 Å². The Morgan fingerprint density at radius 2 is 1.69 bits per heavy atom. The van der Waals surface area contributed by atoms with Crippen LogP contribution in [0.25, 0.3) is 0 Å². The molecule has 1 fully saturated rings. The molecule has 16 heavy (non-hydrogen) atoms. The predicted octanol–water partition coefficient (Wildman–Crippen LogP) is 2.67. The molecule has 1 heterocycles. The molecule has 1 amide bonds. The Balaban J connectivity index is 2.80. The van der Waals surface area contributed by atoms with Gasteiger partial charge in [0.2, 0.25) is 0 Å². The van der Waals surface area contributed by atoms with Crippen molar-refractivity contribution < 1.29 is 14.7 Å². The van der Waals surface area contributed by atoms with Crippen molar-refractivity contribution in [1.82, 2.24) is 4.90 Å². The van der Waals surface area contributed by atoms with Crippen LogP contribution < -0.4 is 0 Å². The Labute approximate surface area is 96.6 Å². The number of carboxylic acid groups (broad SMARTS) is 1. The Bertz CT molecular complexity index is 247. The quantitative estimate of drug-likeness (QED) is 0.803. The van der Waals surface area contributed by atoms with Gasteiger partial charge in [0.25, 0.3) is 0 Å². The molecule has 1 rings (SSSR count). The topological polar surface area (TPSA) is 57.6 Å². The van der Waals surface area contributed by atoms with Crippen LogP contribution in [-0.4, -0.2) is 34.0 Å². The maximum absolute atomic E-state index is 11.6. The SMILES string of the molecule is CCC[C@@H]1CC(=O)C[C@H](CCC)N1C(=O)O. The van der Waals surface area contributed by atoms with Gasteiger partial charge >= 0.3 is 6.09 Å². The predicted molar refractivity (Wildman–Crippen MR) is 61.5 cm³/mol. The lowest BCUT2D eigenvalue weighted by molar-refractivity contribution is -0.124. The van der Waals surface area contributed by atoms with Crippen molar-refractivity contribution in [1.29, 1.82) is 0 Å². The number of piperidine rings is 1. The van der Waals surface area contributed by atoms with E-state index >= 15 is 0 Å². The monoisotopic (exact) mass is 227 g/mol. The van der Waals surface area contributed by atoms with Crippen molar-refractivity contribution in [2.24, 2.45) is 0 Å². The van der Waals surface area contributed by atoms with Crippen LogP contribution in [0.5, 0.6) is 0 Å². The molecule has 0 aromatic carbocycles. The van der Waals surface area contributed by atoms with Gasteiger partial charge in [0.05, 0.1) is 0 Å². The molecule has 92 valence electrons. The summed E-state index contributed by atoms with van der Waals surface area (Å²) in [7, 11) is 0. The molecular weight excluding hydrogens is 206 g/mol. The molecule has 1 aliphatic heterocycles. The fraction of sp³-hybridized carbons (Fsp3) is 0.833. The van der Waals surface area contributed by atoms with Gasteiger partial charge in [-0.05, 0) is 12.8 Å². The Kier molecular flexibility index (Phi) is 4.77. The Hall–Kier alpha value is -1.06. The highest BCUT2D eigenvalue weighted by atomic mass is 16.4. The minimum Gasteiger partial charge on any atom is -0.465 e. The van der Waals surface area contributed by atoms with E-state index in [1.54, 1.807) is 0 Å². The van der Waals surface area contributed by atoms with Crippen LogP contribution >= 0.6 is 0 Å². The molecule has 0 radical (unpaired) electrons. The van der Waals surface area contributed by atoms with Crippen molar-refractivity contribution in [3.63, 3.8) is 0 Å². The summed E-state index contributed by atoms with van der Waals surface area (Å²) in [4.78, 5) is 24.4. The number of rotatable bonds is 4. The standard InChI is InChI=1S/C12H21NO3/c1-3-5-9-7-11(14)8-10(6-4-2)13(9)12(15)16/h9-10H,3-8H2,1-2H3,(H,15,16)/t9-,10+. The minimum atomic E-state index is -0.871. The van der Waals surface area contributed by atoms with Gasteiger partial charge in [-0.15, -0.1) is 0 Å². The van der Waals surface area contributed by atoms with Crippen molar-refractivity contribution in [2.75, 3.05) is 0 Å². The summed E-state index contributed by atoms with van der Waals surface area (Å²) in [6.07, 6.45) is 3.35. The van der Waals surface area contributed by atoms with Crippen LogP contribution in [-0.2, 0) is 4.79 Å². The van der Waals surface area contributed by atoms with Crippen LogP contribution in [0.1, 0.15) is 52.4 Å². The lowest BCUT2D eigenvalue weighted by Gasteiger charge is -2.39. The van der Waals surface area contributed by atoms with E-state index in [-0.39, 0.29) is 17.9 Å². The highest BCUT2D eigenvalue weighted by Crippen LogP contribution is 2.26. The summed E-state index contributed by atoms with van der Waals surface area (Å²) in [6, 6.07) is -0.194. The third-order valence-electron chi connectivity index (χ3n) is 3.18. The molecule has 0 aliphatic carbocycles. The van der Waals surface area contributed by atoms with E-state index < -0.39 is 6.09 Å². The molecule has 0 aromatic rings. The maximum atomic E-state index is 11.6. The van der Waals surface area contributed by atoms with Crippen LogP contribution in [0.3, 0.4) is 0 Å². The molecular formula is C12H21NO3. The molecule has 2 atom stereocenters. The molecule has 1 aliphatic rings. The van der Waals surface area contributed by atoms with Gasteiger partial charge in [-0.3, -0.25) is 4.79 Å². The summed E-state index contributed by atoms with van der Waals surface area (Å²) in [5.74, 6) is 0.217. The van der Waals surface area contributed by atoms with Gasteiger partial charge in [-0.25, -0.2) is 4.79 Å². The van der Waals surface area contributed by atoms with E-state index in [2.05, 4.69) is 0 Å². The summed E-state index contributed by atoms with van der Waals surface area (Å²) >= 11 is 0. The van der Waals surface area contributed by atoms with E-state index in [1.807, 2.05) is 13.8 Å². The summed E-state index contributed by atoms with van der Waals surface area (Å²) < 4.78 is 0. The average molecular weight is 227 g/mol. The first-order valence-electron chi connectivity index (χ1n) is 6.13. The molecule has 4 heteroatoms. The van der Waals surface area contributed by atoms with Gasteiger partial charge in [0.1, 0.15) is 5.78 Å². The summed E-state index contributed by atoms with van der Waals surface area (Å²) in [5, 5.41) is 9.23. The smallest absolute Gasteiger partial charge is 0.407 e. The first kappa shape index (κ1) is 13.0. The van der Waals surface area contributed by atoms with Crippen LogP contribution in [0.4, 0.5) is 4.79 Å². The Morgan fingerprint density at radius 3 is 2.00 bits per heavy atom. The fourth-order valence-corrected chi connectivity index (χ4v) is 2.56. The molecule has 0 bridgehead atoms. The lowest BCUT2D eigenvalue weighted by atomic mass is 9.90. The number of hydrogen-bond acceptors (Lipinski definition) is 2. The van der Waals surface area contributed by atoms with E-state index in [1.165, 1.54) is 4.90 Å². The highest BCUT2D eigenvalue weighted by molar-refractivity contribution is 5.82. The largest absolute Gasteiger partial charge is 0.465 e. The number of nitrogens with zero attached hydrogens (tertiary/aromatic N) is 1. The third-order valence-corrected chi connectivity index (χ3v) is 3.18. The maximum Gasteiger partial charge on any atom is 0.407 e. The first-order valence-corrected chi connectivity index (χ1v) is 6.13. The zero-order chi connectivity index (χ0) is 12.1. The average Bonchev–Trinajstić information content (AvgIpc) is 2.17. The van der Waals surface area contributed by atoms with Crippen molar-refractivity contribution >= 4 is 11.9 Å². The van der Waals surface area contributed by atoms with Crippen molar-refractivity contribution in [3.8, 4) is 0 Å². The van der Waals surface area contributed by atoms with Crippen molar-refractivity contribution in [2.45, 2.75) is 64.5 Å². The minimum absolute atomic E-state index is 0.0969. The number of carbonyl (C=O) groups excluding carboxylic acids is 1. The van der Waals surface area contributed by atoms with Gasteiger partial charge < -0.3 is 10.0 Å². The van der Waals surface area contributed by atoms with E-state index in [0.717, 1.165) is 25.7 Å². The number of amides is 1. The summed E-state index contributed by atoms with van der Waals surface area (Å²) in [5.41, 5.74) is 0. The summed E-state index contributed by atoms with van der Waals surface area (Å²) in [6.45, 7) is 4.04. The highest BCUT2D eigenvalue weighted by Gasteiger charge is 2.36. The van der Waals surface area contributed by atoms with Crippen LogP contribution in [0, 0.1) is 0 Å². The van der Waals surface area contributed by atoms with E-state index in [4.69, 9.17) is 0 Å². The normalized spacial score (nSPS) is 25.9. The molecule has 0 unspecified atom stereocenters. The molecule has 1 saturated heterocycles. The second-order valence-corrected chi connectivity index (χ2v) is 4.52. The molecule has 0 aromatic heterocycles. The number of likely N-dealkylation sites (tertiary alicyclic amines) is 1. The Morgan fingerprint density at radius 1 is 1.25 bits per heavy atom. The van der Waals surface area contributed by atoms with Crippen LogP contribution in [0.15, 0.2) is 0 Å². The lowest BCUT2D eigenvalue weighted by Crippen LogP contribution is -2.52. The number of hydrogen-bond donors (Lipinski definition) is 1. The molecule has 0 spiro atoms. The van der Waals surface area contributed by atoms with Crippen molar-refractivity contribution in [3.05, 3.63) is 0 Å². The molecule has 1 N–H and O–H groups in total. The fourth-order valence-electron chi connectivity index (χ4n) is 2.56. The van der Waals surface area contributed by atoms with Gasteiger partial charge in [-0.2, -0.15) is 0 Å². The number of Topliss-reactive ketones (excluding diaryl/α,β-unsaturated/α-hetero) is 1. The molecule has 0 saturated carbocycles. The second-order valence-electron chi connectivity index (χ2n) is 4.52.